The van der Waals surface area contributed by atoms with Crippen LogP contribution in [0.3, 0.4) is 0 Å². The van der Waals surface area contributed by atoms with Gasteiger partial charge in [0.05, 0.1) is 6.61 Å². The van der Waals surface area contributed by atoms with Crippen LogP contribution in [0.4, 0.5) is 13.2 Å². The molecule has 0 aromatic heterocycles. The van der Waals surface area contributed by atoms with Crippen molar-refractivity contribution in [2.45, 2.75) is 26.6 Å². The van der Waals surface area contributed by atoms with Crippen molar-refractivity contribution in [3.05, 3.63) is 29.3 Å². The van der Waals surface area contributed by atoms with Gasteiger partial charge in [-0.1, -0.05) is 19.1 Å². The number of para-hydroxylation sites is 1. The minimum absolute atomic E-state index is 0.0840. The topological polar surface area (TPSA) is 35.5 Å². The van der Waals surface area contributed by atoms with E-state index in [-0.39, 0.29) is 12.2 Å². The van der Waals surface area contributed by atoms with Gasteiger partial charge in [0.25, 0.3) is 0 Å². The lowest BCUT2D eigenvalue weighted by Crippen LogP contribution is -2.20. The van der Waals surface area contributed by atoms with Crippen molar-refractivity contribution in [2.24, 2.45) is 0 Å². The molecule has 0 spiro atoms. The Morgan fingerprint density at radius 1 is 1.28 bits per heavy atom. The van der Waals surface area contributed by atoms with Gasteiger partial charge in [-0.2, -0.15) is 0 Å². The van der Waals surface area contributed by atoms with Gasteiger partial charge in [0.15, 0.2) is 0 Å². The Balaban J connectivity index is 3.20. The largest absolute Gasteiger partial charge is 0.573 e. The maximum absolute atomic E-state index is 12.3. The lowest BCUT2D eigenvalue weighted by Gasteiger charge is -2.15. The standard InChI is InChI=1S/C12H13F3O3/c1-3-8-6-5-7-9(11(16)17-4-2)10(8)18-12(13,14)15/h5-7H,3-4H2,1-2H3. The molecule has 0 atom stereocenters. The van der Waals surface area contributed by atoms with Crippen LogP contribution in [-0.2, 0) is 11.2 Å². The summed E-state index contributed by atoms with van der Waals surface area (Å²) in [5.41, 5.74) is 0.0893. The predicted octanol–water partition coefficient (Wildman–Crippen LogP) is 3.32. The Morgan fingerprint density at radius 2 is 1.94 bits per heavy atom. The third-order valence-corrected chi connectivity index (χ3v) is 2.19. The van der Waals surface area contributed by atoms with E-state index in [0.717, 1.165) is 0 Å². The zero-order valence-corrected chi connectivity index (χ0v) is 10.0. The molecule has 0 aliphatic carbocycles. The van der Waals surface area contributed by atoms with Gasteiger partial charge in [-0.3, -0.25) is 0 Å². The molecule has 0 aliphatic heterocycles. The molecule has 0 fully saturated rings. The van der Waals surface area contributed by atoms with Crippen molar-refractivity contribution in [1.29, 1.82) is 0 Å². The molecular formula is C12H13F3O3. The van der Waals surface area contributed by atoms with Crippen molar-refractivity contribution in [1.82, 2.24) is 0 Å². The van der Waals surface area contributed by atoms with Gasteiger partial charge in [-0.25, -0.2) is 4.79 Å². The molecule has 3 nitrogen and oxygen atoms in total. The highest BCUT2D eigenvalue weighted by Crippen LogP contribution is 2.31. The summed E-state index contributed by atoms with van der Waals surface area (Å²) in [6.07, 6.45) is -4.52. The molecule has 0 radical (unpaired) electrons. The molecule has 0 saturated carbocycles. The summed E-state index contributed by atoms with van der Waals surface area (Å²) in [6.45, 7) is 3.33. The Hall–Kier alpha value is -1.72. The van der Waals surface area contributed by atoms with Crippen LogP contribution < -0.4 is 4.74 Å². The van der Waals surface area contributed by atoms with Gasteiger partial charge in [-0.15, -0.1) is 13.2 Å². The second kappa shape index (κ2) is 5.75. The van der Waals surface area contributed by atoms with Gasteiger partial charge in [0, 0.05) is 0 Å². The van der Waals surface area contributed by atoms with Crippen LogP contribution in [0.25, 0.3) is 0 Å². The summed E-state index contributed by atoms with van der Waals surface area (Å²) in [4.78, 5) is 11.5. The quantitative estimate of drug-likeness (QED) is 0.781. The van der Waals surface area contributed by atoms with Gasteiger partial charge in [-0.05, 0) is 25.0 Å². The molecule has 1 rings (SSSR count). The van der Waals surface area contributed by atoms with E-state index >= 15 is 0 Å². The van der Waals surface area contributed by atoms with E-state index in [2.05, 4.69) is 4.74 Å². The van der Waals surface area contributed by atoms with E-state index < -0.39 is 18.1 Å². The summed E-state index contributed by atoms with van der Waals surface area (Å²) in [7, 11) is 0. The molecule has 1 aromatic carbocycles. The number of hydrogen-bond acceptors (Lipinski definition) is 3. The summed E-state index contributed by atoms with van der Waals surface area (Å²) in [5.74, 6) is -1.31. The summed E-state index contributed by atoms with van der Waals surface area (Å²) in [6, 6.07) is 4.22. The van der Waals surface area contributed by atoms with Crippen molar-refractivity contribution >= 4 is 5.97 Å². The second-order valence-corrected chi connectivity index (χ2v) is 3.42. The molecule has 0 N–H and O–H groups in total. The van der Waals surface area contributed by atoms with Crippen LogP contribution in [0.2, 0.25) is 0 Å². The number of carbonyl (C=O) groups is 1. The fourth-order valence-electron chi connectivity index (χ4n) is 1.47. The molecule has 0 heterocycles. The summed E-state index contributed by atoms with van der Waals surface area (Å²) >= 11 is 0. The van der Waals surface area contributed by atoms with Crippen molar-refractivity contribution in [3.8, 4) is 5.75 Å². The van der Waals surface area contributed by atoms with Gasteiger partial charge in [0.1, 0.15) is 11.3 Å². The first-order valence-corrected chi connectivity index (χ1v) is 5.43. The SMILES string of the molecule is CCOC(=O)c1cccc(CC)c1OC(F)(F)F. The average Bonchev–Trinajstić information content (AvgIpc) is 2.27. The Kier molecular flexibility index (Phi) is 4.58. The Labute approximate surface area is 103 Å². The minimum Gasteiger partial charge on any atom is -0.462 e. The van der Waals surface area contributed by atoms with Crippen molar-refractivity contribution in [2.75, 3.05) is 6.61 Å². The molecule has 0 bridgehead atoms. The monoisotopic (exact) mass is 262 g/mol. The highest BCUT2D eigenvalue weighted by Gasteiger charge is 2.34. The predicted molar refractivity (Wildman–Crippen MR) is 58.5 cm³/mol. The molecule has 6 heteroatoms. The number of ether oxygens (including phenoxy) is 2. The average molecular weight is 262 g/mol. The van der Waals surface area contributed by atoms with Gasteiger partial charge < -0.3 is 9.47 Å². The number of carbonyl (C=O) groups excluding carboxylic acids is 1. The van der Waals surface area contributed by atoms with E-state index in [1.807, 2.05) is 0 Å². The highest BCUT2D eigenvalue weighted by molar-refractivity contribution is 5.93. The minimum atomic E-state index is -4.84. The highest BCUT2D eigenvalue weighted by atomic mass is 19.4. The smallest absolute Gasteiger partial charge is 0.462 e. The fourth-order valence-corrected chi connectivity index (χ4v) is 1.47. The molecule has 0 saturated heterocycles. The second-order valence-electron chi connectivity index (χ2n) is 3.42. The van der Waals surface area contributed by atoms with Crippen LogP contribution >= 0.6 is 0 Å². The first kappa shape index (κ1) is 14.3. The number of hydrogen-bond donors (Lipinski definition) is 0. The molecule has 18 heavy (non-hydrogen) atoms. The molecule has 0 aliphatic rings. The summed E-state index contributed by atoms with van der Waals surface area (Å²) < 4.78 is 45.6. The number of aryl methyl sites for hydroxylation is 1. The van der Waals surface area contributed by atoms with E-state index in [0.29, 0.717) is 12.0 Å². The number of esters is 1. The number of benzene rings is 1. The van der Waals surface area contributed by atoms with E-state index in [1.165, 1.54) is 18.2 Å². The van der Waals surface area contributed by atoms with Crippen LogP contribution in [0.5, 0.6) is 5.75 Å². The number of alkyl halides is 3. The van der Waals surface area contributed by atoms with E-state index in [1.54, 1.807) is 13.8 Å². The zero-order valence-electron chi connectivity index (χ0n) is 10.0. The van der Waals surface area contributed by atoms with Crippen LogP contribution in [0.15, 0.2) is 18.2 Å². The molecular weight excluding hydrogens is 249 g/mol. The number of rotatable bonds is 4. The fraction of sp³-hybridized carbons (Fsp3) is 0.417. The van der Waals surface area contributed by atoms with E-state index in [4.69, 9.17) is 4.74 Å². The normalized spacial score (nSPS) is 11.2. The first-order valence-electron chi connectivity index (χ1n) is 5.43. The Morgan fingerprint density at radius 3 is 2.44 bits per heavy atom. The van der Waals surface area contributed by atoms with Crippen LogP contribution in [0, 0.1) is 0 Å². The Bertz CT molecular complexity index is 427. The van der Waals surface area contributed by atoms with Crippen molar-refractivity contribution < 1.29 is 27.4 Å². The lowest BCUT2D eigenvalue weighted by atomic mass is 10.1. The van der Waals surface area contributed by atoms with Crippen LogP contribution in [-0.4, -0.2) is 18.9 Å². The van der Waals surface area contributed by atoms with Gasteiger partial charge >= 0.3 is 12.3 Å². The third kappa shape index (κ3) is 3.65. The third-order valence-electron chi connectivity index (χ3n) is 2.19. The molecule has 1 aromatic rings. The molecule has 0 amide bonds. The van der Waals surface area contributed by atoms with Gasteiger partial charge in [0.2, 0.25) is 0 Å². The first-order chi connectivity index (χ1) is 8.39. The maximum atomic E-state index is 12.3. The lowest BCUT2D eigenvalue weighted by molar-refractivity contribution is -0.275. The maximum Gasteiger partial charge on any atom is 0.573 e. The summed E-state index contributed by atoms with van der Waals surface area (Å²) in [5, 5.41) is 0. The van der Waals surface area contributed by atoms with Crippen LogP contribution in [0.1, 0.15) is 29.8 Å². The van der Waals surface area contributed by atoms with E-state index in [9.17, 15) is 18.0 Å². The molecule has 0 unspecified atom stereocenters. The van der Waals surface area contributed by atoms with Crippen molar-refractivity contribution in [3.63, 3.8) is 0 Å². The molecule has 100 valence electrons. The zero-order chi connectivity index (χ0) is 13.8. The number of halogens is 3.